The summed E-state index contributed by atoms with van der Waals surface area (Å²) in [5.74, 6) is 0. The fourth-order valence-electron chi connectivity index (χ4n) is 4.55. The zero-order valence-electron chi connectivity index (χ0n) is 16.2. The van der Waals surface area contributed by atoms with Gasteiger partial charge in [-0.25, -0.2) is 0 Å². The van der Waals surface area contributed by atoms with Crippen molar-refractivity contribution in [2.45, 2.75) is 32.6 Å². The molecule has 0 amide bonds. The molecule has 0 fully saturated rings. The Bertz CT molecular complexity index is 1180. The molecule has 0 spiro atoms. The van der Waals surface area contributed by atoms with Gasteiger partial charge in [0.05, 0.1) is 0 Å². The van der Waals surface area contributed by atoms with Crippen molar-refractivity contribution in [3.8, 4) is 22.3 Å². The molecule has 132 valence electrons. The molecule has 0 unspecified atom stereocenters. The summed E-state index contributed by atoms with van der Waals surface area (Å²) < 4.78 is 0. The Hall–Kier alpha value is -2.86. The maximum absolute atomic E-state index is 2.41. The minimum atomic E-state index is 0.0444. The van der Waals surface area contributed by atoms with E-state index in [4.69, 9.17) is 0 Å². The molecule has 0 aliphatic heterocycles. The maximum atomic E-state index is 2.41. The van der Waals surface area contributed by atoms with Gasteiger partial charge >= 0.3 is 0 Å². The first-order valence-corrected chi connectivity index (χ1v) is 9.85. The second-order valence-corrected chi connectivity index (χ2v) is 8.18. The molecule has 1 aliphatic carbocycles. The van der Waals surface area contributed by atoms with Crippen molar-refractivity contribution < 1.29 is 0 Å². The monoisotopic (exact) mass is 348 g/mol. The van der Waals surface area contributed by atoms with Gasteiger partial charge in [-0.3, -0.25) is 0 Å². The largest absolute Gasteiger partial charge is 0.0616 e. The van der Waals surface area contributed by atoms with Crippen molar-refractivity contribution in [2.24, 2.45) is 0 Å². The lowest BCUT2D eigenvalue weighted by molar-refractivity contribution is 0.659. The van der Waals surface area contributed by atoms with Gasteiger partial charge in [0, 0.05) is 5.41 Å². The lowest BCUT2D eigenvalue weighted by Gasteiger charge is -2.22. The Kier molecular flexibility index (Phi) is 3.52. The van der Waals surface area contributed by atoms with Gasteiger partial charge in [0.1, 0.15) is 0 Å². The fraction of sp³-hybridized carbons (Fsp3) is 0.185. The smallest absolute Gasteiger partial charge is 0.0159 e. The first kappa shape index (κ1) is 16.3. The molecule has 0 heterocycles. The Morgan fingerprint density at radius 3 is 2.04 bits per heavy atom. The average Bonchev–Trinajstić information content (AvgIpc) is 2.94. The topological polar surface area (TPSA) is 0 Å². The van der Waals surface area contributed by atoms with Gasteiger partial charge in [-0.05, 0) is 68.3 Å². The van der Waals surface area contributed by atoms with Crippen LogP contribution in [0.2, 0.25) is 0 Å². The van der Waals surface area contributed by atoms with E-state index in [9.17, 15) is 0 Å². The molecular weight excluding hydrogens is 324 g/mol. The van der Waals surface area contributed by atoms with Crippen LogP contribution in [0.3, 0.4) is 0 Å². The third kappa shape index (κ3) is 2.44. The van der Waals surface area contributed by atoms with Crippen LogP contribution in [0.1, 0.15) is 37.5 Å². The van der Waals surface area contributed by atoms with Gasteiger partial charge in [0.15, 0.2) is 0 Å². The Balaban J connectivity index is 1.66. The predicted octanol–water partition coefficient (Wildman–Crippen LogP) is 7.38. The first-order chi connectivity index (χ1) is 13.1. The number of hydrogen-bond donors (Lipinski definition) is 0. The molecule has 0 aromatic heterocycles. The van der Waals surface area contributed by atoms with Crippen molar-refractivity contribution in [1.82, 2.24) is 0 Å². The fourth-order valence-corrected chi connectivity index (χ4v) is 4.55. The van der Waals surface area contributed by atoms with Gasteiger partial charge in [0.2, 0.25) is 0 Å². The van der Waals surface area contributed by atoms with Gasteiger partial charge in [-0.2, -0.15) is 0 Å². The van der Waals surface area contributed by atoms with Crippen molar-refractivity contribution in [1.29, 1.82) is 0 Å². The molecule has 4 aromatic rings. The SMILES string of the molecule is CCc1ccc2c(c1)C(C)(C)c1cc(-c3ccc4ccccc4c3)ccc1-2. The van der Waals surface area contributed by atoms with Crippen LogP contribution in [-0.2, 0) is 11.8 Å². The summed E-state index contributed by atoms with van der Waals surface area (Å²) in [5.41, 5.74) is 9.75. The highest BCUT2D eigenvalue weighted by molar-refractivity contribution is 5.89. The number of aryl methyl sites for hydroxylation is 1. The molecule has 27 heavy (non-hydrogen) atoms. The zero-order chi connectivity index (χ0) is 18.6. The summed E-state index contributed by atoms with van der Waals surface area (Å²) in [5, 5.41) is 2.59. The standard InChI is InChI=1S/C27H24/c1-4-18-9-13-23-24-14-12-22(17-26(24)27(2,3)25(23)15-18)21-11-10-19-7-5-6-8-20(19)16-21/h5-17H,4H2,1-3H3. The van der Waals surface area contributed by atoms with Crippen LogP contribution in [-0.4, -0.2) is 0 Å². The van der Waals surface area contributed by atoms with Gasteiger partial charge < -0.3 is 0 Å². The highest BCUT2D eigenvalue weighted by atomic mass is 14.4. The summed E-state index contributed by atoms with van der Waals surface area (Å²) in [7, 11) is 0. The number of fused-ring (bicyclic) bond motifs is 4. The molecule has 0 nitrogen and oxygen atoms in total. The van der Waals surface area contributed by atoms with Gasteiger partial charge in [-0.1, -0.05) is 87.5 Å². The van der Waals surface area contributed by atoms with E-state index < -0.39 is 0 Å². The van der Waals surface area contributed by atoms with E-state index in [0.29, 0.717) is 0 Å². The minimum absolute atomic E-state index is 0.0444. The number of benzene rings is 4. The minimum Gasteiger partial charge on any atom is -0.0616 e. The summed E-state index contributed by atoms with van der Waals surface area (Å²) in [4.78, 5) is 0. The molecule has 0 radical (unpaired) electrons. The van der Waals surface area contributed by atoms with Crippen LogP contribution in [0.15, 0.2) is 78.9 Å². The molecule has 0 bridgehead atoms. The number of rotatable bonds is 2. The predicted molar refractivity (Wildman–Crippen MR) is 116 cm³/mol. The van der Waals surface area contributed by atoms with Crippen molar-refractivity contribution in [3.63, 3.8) is 0 Å². The lowest BCUT2D eigenvalue weighted by Crippen LogP contribution is -2.15. The van der Waals surface area contributed by atoms with E-state index in [0.717, 1.165) is 6.42 Å². The third-order valence-corrected chi connectivity index (χ3v) is 6.23. The highest BCUT2D eigenvalue weighted by Gasteiger charge is 2.35. The van der Waals surface area contributed by atoms with Crippen molar-refractivity contribution in [2.75, 3.05) is 0 Å². The molecule has 0 N–H and O–H groups in total. The Morgan fingerprint density at radius 2 is 1.26 bits per heavy atom. The van der Waals surface area contributed by atoms with Crippen LogP contribution in [0.5, 0.6) is 0 Å². The summed E-state index contributed by atoms with van der Waals surface area (Å²) in [6, 6.07) is 29.4. The summed E-state index contributed by atoms with van der Waals surface area (Å²) in [6.07, 6.45) is 1.09. The quantitative estimate of drug-likeness (QED) is 0.354. The summed E-state index contributed by atoms with van der Waals surface area (Å²) in [6.45, 7) is 6.96. The van der Waals surface area contributed by atoms with E-state index in [-0.39, 0.29) is 5.41 Å². The van der Waals surface area contributed by atoms with Crippen LogP contribution >= 0.6 is 0 Å². The Morgan fingerprint density at radius 1 is 0.630 bits per heavy atom. The van der Waals surface area contributed by atoms with Crippen molar-refractivity contribution in [3.05, 3.63) is 95.6 Å². The highest BCUT2D eigenvalue weighted by Crippen LogP contribution is 2.49. The first-order valence-electron chi connectivity index (χ1n) is 9.85. The zero-order valence-corrected chi connectivity index (χ0v) is 16.2. The van der Waals surface area contributed by atoms with Gasteiger partial charge in [-0.15, -0.1) is 0 Å². The third-order valence-electron chi connectivity index (χ3n) is 6.23. The molecule has 1 aliphatic rings. The van der Waals surface area contributed by atoms with E-state index in [1.807, 2.05) is 0 Å². The van der Waals surface area contributed by atoms with E-state index in [1.165, 1.54) is 49.7 Å². The van der Waals surface area contributed by atoms with E-state index in [2.05, 4.69) is 99.6 Å². The molecular formula is C27H24. The van der Waals surface area contributed by atoms with Crippen LogP contribution in [0.25, 0.3) is 33.0 Å². The molecule has 0 atom stereocenters. The average molecular weight is 348 g/mol. The van der Waals surface area contributed by atoms with Crippen LogP contribution in [0, 0.1) is 0 Å². The van der Waals surface area contributed by atoms with E-state index >= 15 is 0 Å². The second-order valence-electron chi connectivity index (χ2n) is 8.18. The molecule has 4 aromatic carbocycles. The normalized spacial score (nSPS) is 14.2. The molecule has 5 rings (SSSR count). The second kappa shape index (κ2) is 5.82. The summed E-state index contributed by atoms with van der Waals surface area (Å²) >= 11 is 0. The van der Waals surface area contributed by atoms with Crippen LogP contribution in [0.4, 0.5) is 0 Å². The van der Waals surface area contributed by atoms with E-state index in [1.54, 1.807) is 0 Å². The van der Waals surface area contributed by atoms with Gasteiger partial charge in [0.25, 0.3) is 0 Å². The molecule has 0 saturated carbocycles. The molecule has 0 saturated heterocycles. The lowest BCUT2D eigenvalue weighted by atomic mass is 9.81. The number of hydrogen-bond acceptors (Lipinski definition) is 0. The van der Waals surface area contributed by atoms with Crippen LogP contribution < -0.4 is 0 Å². The molecule has 0 heteroatoms. The Labute approximate surface area is 161 Å². The van der Waals surface area contributed by atoms with Crippen molar-refractivity contribution >= 4 is 10.8 Å². The maximum Gasteiger partial charge on any atom is 0.0159 e.